The predicted molar refractivity (Wildman–Crippen MR) is 79.3 cm³/mol. The molecule has 1 aromatic heterocycles. The van der Waals surface area contributed by atoms with Crippen LogP contribution in [-0.4, -0.2) is 22.9 Å². The third kappa shape index (κ3) is 1.25. The molecule has 0 spiro atoms. The maximum absolute atomic E-state index is 12.8. The van der Waals surface area contributed by atoms with Crippen LogP contribution < -0.4 is 0 Å². The Morgan fingerprint density at radius 1 is 1.52 bits per heavy atom. The first kappa shape index (κ1) is 13.4. The lowest BCUT2D eigenvalue weighted by Gasteiger charge is -2.42. The summed E-state index contributed by atoms with van der Waals surface area (Å²) >= 11 is 3.23. The third-order valence-electron chi connectivity index (χ3n) is 6.77. The van der Waals surface area contributed by atoms with Crippen molar-refractivity contribution >= 4 is 21.8 Å². The first-order valence-corrected chi connectivity index (χ1v) is 8.16. The maximum Gasteiger partial charge on any atom is 0.290 e. The van der Waals surface area contributed by atoms with Crippen molar-refractivity contribution in [2.75, 3.05) is 6.54 Å². The number of piperidine rings is 1. The molecule has 4 bridgehead atoms. The minimum absolute atomic E-state index is 0.0578. The smallest absolute Gasteiger partial charge is 0.290 e. The Labute approximate surface area is 132 Å². The van der Waals surface area contributed by atoms with E-state index in [4.69, 9.17) is 4.42 Å². The first-order valence-electron chi connectivity index (χ1n) is 7.36. The van der Waals surface area contributed by atoms with Gasteiger partial charge in [-0.25, -0.2) is 0 Å². The van der Waals surface area contributed by atoms with E-state index in [1.165, 1.54) is 6.42 Å². The van der Waals surface area contributed by atoms with Crippen LogP contribution in [0.15, 0.2) is 21.2 Å². The monoisotopic (exact) mass is 348 g/mol. The van der Waals surface area contributed by atoms with Crippen molar-refractivity contribution < 1.29 is 9.21 Å². The highest BCUT2D eigenvalue weighted by Gasteiger charge is 2.79. The summed E-state index contributed by atoms with van der Waals surface area (Å²) in [5, 5.41) is 9.93. The summed E-state index contributed by atoms with van der Waals surface area (Å²) in [6.07, 6.45) is 3.03. The molecule has 5 heteroatoms. The lowest BCUT2D eigenvalue weighted by Crippen LogP contribution is -2.54. The number of carbonyl (C=O) groups excluding carboxylic acids is 1. The Bertz CT molecular complexity index is 693. The van der Waals surface area contributed by atoms with Crippen LogP contribution in [0.25, 0.3) is 0 Å². The second kappa shape index (κ2) is 3.73. The number of hydrogen-bond acceptors (Lipinski definition) is 3. The Balaban J connectivity index is 1.80. The molecule has 4 nitrogen and oxygen atoms in total. The van der Waals surface area contributed by atoms with Gasteiger partial charge in [-0.3, -0.25) is 4.79 Å². The molecule has 4 atom stereocenters. The number of carbonyl (C=O) groups is 1. The van der Waals surface area contributed by atoms with Gasteiger partial charge in [0.05, 0.1) is 6.07 Å². The van der Waals surface area contributed by atoms with Gasteiger partial charge in [-0.05, 0) is 58.7 Å². The van der Waals surface area contributed by atoms with Crippen molar-refractivity contribution in [2.24, 2.45) is 16.7 Å². The molecule has 0 unspecified atom stereocenters. The Morgan fingerprint density at radius 2 is 2.29 bits per heavy atom. The maximum atomic E-state index is 12.8. The Morgan fingerprint density at radius 3 is 2.86 bits per heavy atom. The van der Waals surface area contributed by atoms with E-state index in [0.29, 0.717) is 22.9 Å². The Kier molecular flexibility index (Phi) is 2.38. The van der Waals surface area contributed by atoms with E-state index in [-0.39, 0.29) is 16.7 Å². The van der Waals surface area contributed by atoms with Crippen LogP contribution in [0.3, 0.4) is 0 Å². The molecule has 1 aliphatic heterocycles. The zero-order valence-electron chi connectivity index (χ0n) is 12.1. The van der Waals surface area contributed by atoms with Gasteiger partial charge >= 0.3 is 0 Å². The van der Waals surface area contributed by atoms with Crippen molar-refractivity contribution in [1.82, 2.24) is 4.90 Å². The number of nitrogens with zero attached hydrogens (tertiary/aromatic N) is 2. The van der Waals surface area contributed by atoms with Crippen LogP contribution >= 0.6 is 15.9 Å². The van der Waals surface area contributed by atoms with E-state index >= 15 is 0 Å². The van der Waals surface area contributed by atoms with Crippen molar-refractivity contribution in [1.29, 1.82) is 5.26 Å². The summed E-state index contributed by atoms with van der Waals surface area (Å²) in [6, 6.07) is 5.92. The molecule has 1 saturated heterocycles. The number of amides is 1. The van der Waals surface area contributed by atoms with Gasteiger partial charge in [0.1, 0.15) is 5.54 Å². The van der Waals surface area contributed by atoms with Crippen LogP contribution in [0.2, 0.25) is 0 Å². The van der Waals surface area contributed by atoms with Crippen LogP contribution in [0.4, 0.5) is 0 Å². The fourth-order valence-corrected chi connectivity index (χ4v) is 5.62. The fraction of sp³-hybridized carbons (Fsp3) is 0.625. The van der Waals surface area contributed by atoms with Gasteiger partial charge in [-0.15, -0.1) is 0 Å². The lowest BCUT2D eigenvalue weighted by atomic mass is 9.66. The highest BCUT2D eigenvalue weighted by atomic mass is 79.9. The molecule has 21 heavy (non-hydrogen) atoms. The van der Waals surface area contributed by atoms with Crippen LogP contribution in [0, 0.1) is 28.1 Å². The summed E-state index contributed by atoms with van der Waals surface area (Å²) in [7, 11) is 0. The van der Waals surface area contributed by atoms with Gasteiger partial charge in [0.25, 0.3) is 5.91 Å². The summed E-state index contributed by atoms with van der Waals surface area (Å²) in [6.45, 7) is 5.13. The summed E-state index contributed by atoms with van der Waals surface area (Å²) in [4.78, 5) is 14.6. The largest absolute Gasteiger partial charge is 0.444 e. The van der Waals surface area contributed by atoms with Gasteiger partial charge in [0, 0.05) is 12.0 Å². The fourth-order valence-electron chi connectivity index (χ4n) is 5.32. The van der Waals surface area contributed by atoms with Gasteiger partial charge in [-0.1, -0.05) is 13.8 Å². The molecular weight excluding hydrogens is 332 g/mol. The van der Waals surface area contributed by atoms with Crippen molar-refractivity contribution in [3.05, 3.63) is 22.6 Å². The molecule has 0 radical (unpaired) electrons. The zero-order chi connectivity index (χ0) is 15.0. The number of nitriles is 1. The summed E-state index contributed by atoms with van der Waals surface area (Å²) in [5.74, 6) is 0.721. The molecule has 2 aliphatic carbocycles. The van der Waals surface area contributed by atoms with Crippen molar-refractivity contribution in [2.45, 2.75) is 38.6 Å². The predicted octanol–water partition coefficient (Wildman–Crippen LogP) is 3.59. The molecule has 3 aliphatic rings. The molecule has 110 valence electrons. The molecule has 0 N–H and O–H groups in total. The first-order chi connectivity index (χ1) is 9.88. The Hall–Kier alpha value is -1.28. The average Bonchev–Trinajstić information content (AvgIpc) is 3.10. The SMILES string of the molecule is C[C@]12CC[C@@H]3C[C@@]1(C#N)N(C(=O)c1ccc(Br)o1)C[C@@]32C. The van der Waals surface area contributed by atoms with E-state index < -0.39 is 5.54 Å². The van der Waals surface area contributed by atoms with Gasteiger partial charge < -0.3 is 9.32 Å². The van der Waals surface area contributed by atoms with E-state index in [2.05, 4.69) is 35.8 Å². The molecule has 2 saturated carbocycles. The van der Waals surface area contributed by atoms with Gasteiger partial charge in [0.2, 0.25) is 0 Å². The topological polar surface area (TPSA) is 57.2 Å². The quantitative estimate of drug-likeness (QED) is 0.779. The number of furan rings is 1. The molecule has 3 fully saturated rings. The van der Waals surface area contributed by atoms with E-state index in [9.17, 15) is 10.1 Å². The highest BCUT2D eigenvalue weighted by Crippen LogP contribution is 2.75. The molecule has 2 heterocycles. The minimum Gasteiger partial charge on any atom is -0.444 e. The molecule has 1 amide bonds. The number of likely N-dealkylation sites (tertiary alicyclic amines) is 1. The summed E-state index contributed by atoms with van der Waals surface area (Å²) in [5.41, 5.74) is -0.706. The number of halogens is 1. The van der Waals surface area contributed by atoms with Crippen molar-refractivity contribution in [3.8, 4) is 6.07 Å². The standard InChI is InChI=1S/C16H17BrN2O2/c1-14-9-19(13(20)11-3-4-12(17)21-11)16(8-18)7-10(14)5-6-15(14,16)2/h3-4,10H,5-7,9H2,1-2H3/t10-,14+,15-,16+/m1/s1. The summed E-state index contributed by atoms with van der Waals surface area (Å²) < 4.78 is 5.96. The van der Waals surface area contributed by atoms with Crippen molar-refractivity contribution in [3.63, 3.8) is 0 Å². The number of hydrogen-bond donors (Lipinski definition) is 0. The lowest BCUT2D eigenvalue weighted by molar-refractivity contribution is 0.0399. The molecule has 1 aromatic rings. The van der Waals surface area contributed by atoms with E-state index in [1.54, 1.807) is 17.0 Å². The highest BCUT2D eigenvalue weighted by molar-refractivity contribution is 9.10. The molecule has 0 aromatic carbocycles. The van der Waals surface area contributed by atoms with Gasteiger partial charge in [-0.2, -0.15) is 5.26 Å². The normalized spacial score (nSPS) is 43.3. The van der Waals surface area contributed by atoms with Crippen LogP contribution in [0.1, 0.15) is 43.7 Å². The van der Waals surface area contributed by atoms with Crippen LogP contribution in [-0.2, 0) is 0 Å². The average molecular weight is 349 g/mol. The second-order valence-corrected chi connectivity index (χ2v) is 7.94. The van der Waals surface area contributed by atoms with Gasteiger partial charge in [0.15, 0.2) is 10.4 Å². The van der Waals surface area contributed by atoms with Crippen LogP contribution in [0.5, 0.6) is 0 Å². The third-order valence-corrected chi connectivity index (χ3v) is 7.20. The molecular formula is C16H17BrN2O2. The minimum atomic E-state index is -0.666. The van der Waals surface area contributed by atoms with E-state index in [0.717, 1.165) is 12.8 Å². The van der Waals surface area contributed by atoms with E-state index in [1.807, 2.05) is 0 Å². The second-order valence-electron chi connectivity index (χ2n) is 7.16. The number of rotatable bonds is 1. The zero-order valence-corrected chi connectivity index (χ0v) is 13.7. The molecule has 4 rings (SSSR count).